The van der Waals surface area contributed by atoms with E-state index in [0.717, 1.165) is 22.0 Å². The van der Waals surface area contributed by atoms with Crippen LogP contribution in [0.2, 0.25) is 0 Å². The Hall–Kier alpha value is -3.27. The van der Waals surface area contributed by atoms with Crippen molar-refractivity contribution < 1.29 is 9.53 Å². The Balaban J connectivity index is 1.65. The molecule has 4 heteroatoms. The fraction of sp³-hybridized carbons (Fsp3) is 0.136. The molecule has 1 amide bonds. The second-order valence-corrected chi connectivity index (χ2v) is 6.17. The van der Waals surface area contributed by atoms with Gasteiger partial charge in [0.1, 0.15) is 12.4 Å². The van der Waals surface area contributed by atoms with Crippen LogP contribution in [-0.2, 0) is 4.79 Å². The highest BCUT2D eigenvalue weighted by atomic mass is 16.5. The fourth-order valence-corrected chi connectivity index (χ4v) is 2.65. The Labute approximate surface area is 153 Å². The maximum atomic E-state index is 12.4. The van der Waals surface area contributed by atoms with Gasteiger partial charge in [-0.2, -0.15) is 0 Å². The molecule has 2 N–H and O–H groups in total. The smallest absolute Gasteiger partial charge is 0.243 e. The van der Waals surface area contributed by atoms with Crippen LogP contribution in [0.3, 0.4) is 0 Å². The molecule has 0 unspecified atom stereocenters. The van der Waals surface area contributed by atoms with E-state index in [0.29, 0.717) is 18.0 Å². The number of hydrogen-bond donors (Lipinski definition) is 2. The first kappa shape index (κ1) is 17.5. The van der Waals surface area contributed by atoms with E-state index >= 15 is 0 Å². The largest absolute Gasteiger partial charge is 0.487 e. The van der Waals surface area contributed by atoms with Crippen LogP contribution in [0.1, 0.15) is 6.92 Å². The zero-order chi connectivity index (χ0) is 18.4. The maximum Gasteiger partial charge on any atom is 0.243 e. The number of anilines is 2. The second kappa shape index (κ2) is 8.21. The molecule has 0 aliphatic heterocycles. The molecule has 132 valence electrons. The first-order chi connectivity index (χ1) is 12.6. The summed E-state index contributed by atoms with van der Waals surface area (Å²) in [5.74, 6) is 0.498. The van der Waals surface area contributed by atoms with E-state index in [9.17, 15) is 4.79 Å². The zero-order valence-electron chi connectivity index (χ0n) is 14.8. The van der Waals surface area contributed by atoms with Crippen molar-refractivity contribution in [3.8, 4) is 5.75 Å². The van der Waals surface area contributed by atoms with E-state index < -0.39 is 0 Å². The van der Waals surface area contributed by atoms with Crippen LogP contribution in [0.25, 0.3) is 10.8 Å². The van der Waals surface area contributed by atoms with Crippen LogP contribution in [-0.4, -0.2) is 19.1 Å². The quantitative estimate of drug-likeness (QED) is 0.602. The third-order valence-corrected chi connectivity index (χ3v) is 3.86. The highest BCUT2D eigenvalue weighted by molar-refractivity contribution is 5.98. The topological polar surface area (TPSA) is 50.4 Å². The van der Waals surface area contributed by atoms with Gasteiger partial charge in [0.2, 0.25) is 5.91 Å². The van der Waals surface area contributed by atoms with Gasteiger partial charge in [0.15, 0.2) is 0 Å². The Morgan fingerprint density at radius 3 is 2.50 bits per heavy atom. The predicted molar refractivity (Wildman–Crippen MR) is 108 cm³/mol. The lowest BCUT2D eigenvalue weighted by Crippen LogP contribution is -2.22. The van der Waals surface area contributed by atoms with Crippen LogP contribution in [0.5, 0.6) is 5.75 Å². The molecular formula is C22H22N2O2. The van der Waals surface area contributed by atoms with Gasteiger partial charge in [0.25, 0.3) is 0 Å². The maximum absolute atomic E-state index is 12.4. The van der Waals surface area contributed by atoms with Gasteiger partial charge in [-0.05, 0) is 36.1 Å². The second-order valence-electron chi connectivity index (χ2n) is 6.17. The molecule has 0 fully saturated rings. The standard InChI is InChI=1S/C22H22N2O2/c1-16(2)15-26-21-13-6-5-11-20(21)24-22(25)14-23-19-12-7-9-17-8-3-4-10-18(17)19/h3-13,23H,1,14-15H2,2H3,(H,24,25). The third-order valence-electron chi connectivity index (χ3n) is 3.86. The molecule has 0 saturated heterocycles. The molecule has 0 bridgehead atoms. The van der Waals surface area contributed by atoms with E-state index in [4.69, 9.17) is 4.74 Å². The molecule has 26 heavy (non-hydrogen) atoms. The monoisotopic (exact) mass is 346 g/mol. The molecule has 0 aromatic heterocycles. The highest BCUT2D eigenvalue weighted by Crippen LogP contribution is 2.25. The van der Waals surface area contributed by atoms with E-state index in [-0.39, 0.29) is 12.5 Å². The Morgan fingerprint density at radius 2 is 1.65 bits per heavy atom. The summed E-state index contributed by atoms with van der Waals surface area (Å²) in [4.78, 5) is 12.4. The summed E-state index contributed by atoms with van der Waals surface area (Å²) < 4.78 is 5.69. The zero-order valence-corrected chi connectivity index (χ0v) is 14.8. The summed E-state index contributed by atoms with van der Waals surface area (Å²) in [5.41, 5.74) is 2.51. The number of ether oxygens (including phenoxy) is 1. The summed E-state index contributed by atoms with van der Waals surface area (Å²) in [5, 5.41) is 8.33. The lowest BCUT2D eigenvalue weighted by Gasteiger charge is -2.13. The van der Waals surface area contributed by atoms with Gasteiger partial charge in [0, 0.05) is 11.1 Å². The SMILES string of the molecule is C=C(C)COc1ccccc1NC(=O)CNc1cccc2ccccc12. The van der Waals surface area contributed by atoms with E-state index in [2.05, 4.69) is 29.3 Å². The van der Waals surface area contributed by atoms with E-state index in [1.165, 1.54) is 0 Å². The summed E-state index contributed by atoms with van der Waals surface area (Å²) in [6.07, 6.45) is 0. The van der Waals surface area contributed by atoms with Crippen molar-refractivity contribution in [3.05, 3.63) is 78.9 Å². The number of rotatable bonds is 7. The first-order valence-corrected chi connectivity index (χ1v) is 8.51. The molecule has 0 aliphatic rings. The molecule has 4 nitrogen and oxygen atoms in total. The molecule has 0 radical (unpaired) electrons. The van der Waals surface area contributed by atoms with Crippen LogP contribution in [0, 0.1) is 0 Å². The first-order valence-electron chi connectivity index (χ1n) is 8.51. The van der Waals surface area contributed by atoms with Gasteiger partial charge in [-0.25, -0.2) is 0 Å². The van der Waals surface area contributed by atoms with E-state index in [1.807, 2.05) is 61.5 Å². The van der Waals surface area contributed by atoms with Crippen LogP contribution in [0.15, 0.2) is 78.9 Å². The van der Waals surface area contributed by atoms with Crippen molar-refractivity contribution in [3.63, 3.8) is 0 Å². The van der Waals surface area contributed by atoms with Gasteiger partial charge < -0.3 is 15.4 Å². The molecule has 3 aromatic carbocycles. The van der Waals surface area contributed by atoms with Crippen molar-refractivity contribution in [2.24, 2.45) is 0 Å². The number of hydrogen-bond acceptors (Lipinski definition) is 3. The molecule has 0 atom stereocenters. The van der Waals surface area contributed by atoms with Gasteiger partial charge in [-0.15, -0.1) is 0 Å². The van der Waals surface area contributed by atoms with Gasteiger partial charge in [-0.1, -0.05) is 55.1 Å². The summed E-state index contributed by atoms with van der Waals surface area (Å²) in [6, 6.07) is 21.5. The van der Waals surface area contributed by atoms with Crippen molar-refractivity contribution in [1.29, 1.82) is 0 Å². The predicted octanol–water partition coefficient (Wildman–Crippen LogP) is 4.85. The van der Waals surface area contributed by atoms with Crippen LogP contribution < -0.4 is 15.4 Å². The van der Waals surface area contributed by atoms with Crippen molar-refractivity contribution in [2.45, 2.75) is 6.92 Å². The molecular weight excluding hydrogens is 324 g/mol. The summed E-state index contributed by atoms with van der Waals surface area (Å²) in [6.45, 7) is 6.31. The van der Waals surface area contributed by atoms with Crippen molar-refractivity contribution >= 4 is 28.1 Å². The third kappa shape index (κ3) is 4.42. The lowest BCUT2D eigenvalue weighted by atomic mass is 10.1. The van der Waals surface area contributed by atoms with Gasteiger partial charge >= 0.3 is 0 Å². The molecule has 0 saturated carbocycles. The average molecular weight is 346 g/mol. The normalized spacial score (nSPS) is 10.3. The number of para-hydroxylation sites is 2. The van der Waals surface area contributed by atoms with Crippen LogP contribution >= 0.6 is 0 Å². The minimum absolute atomic E-state index is 0.135. The van der Waals surface area contributed by atoms with Gasteiger partial charge in [-0.3, -0.25) is 4.79 Å². The molecule has 0 aliphatic carbocycles. The average Bonchev–Trinajstić information content (AvgIpc) is 2.65. The Kier molecular flexibility index (Phi) is 5.54. The number of carbonyl (C=O) groups excluding carboxylic acids is 1. The van der Waals surface area contributed by atoms with E-state index in [1.54, 1.807) is 0 Å². The van der Waals surface area contributed by atoms with Gasteiger partial charge in [0.05, 0.1) is 12.2 Å². The summed E-state index contributed by atoms with van der Waals surface area (Å²) >= 11 is 0. The fourth-order valence-electron chi connectivity index (χ4n) is 2.65. The minimum atomic E-state index is -0.135. The summed E-state index contributed by atoms with van der Waals surface area (Å²) in [7, 11) is 0. The Bertz CT molecular complexity index is 929. The molecule has 0 heterocycles. The lowest BCUT2D eigenvalue weighted by molar-refractivity contribution is -0.114. The Morgan fingerprint density at radius 1 is 0.962 bits per heavy atom. The van der Waals surface area contributed by atoms with Crippen LogP contribution in [0.4, 0.5) is 11.4 Å². The molecule has 3 aromatic rings. The number of nitrogens with one attached hydrogen (secondary N) is 2. The minimum Gasteiger partial charge on any atom is -0.487 e. The number of carbonyl (C=O) groups is 1. The van der Waals surface area contributed by atoms with Crippen molar-refractivity contribution in [1.82, 2.24) is 0 Å². The molecule has 3 rings (SSSR count). The molecule has 0 spiro atoms. The number of benzene rings is 3. The highest BCUT2D eigenvalue weighted by Gasteiger charge is 2.08. The number of amides is 1. The number of fused-ring (bicyclic) bond motifs is 1. The van der Waals surface area contributed by atoms with Crippen molar-refractivity contribution in [2.75, 3.05) is 23.8 Å².